The van der Waals surface area contributed by atoms with Crippen molar-refractivity contribution in [2.24, 2.45) is 24.8 Å². The lowest BCUT2D eigenvalue weighted by Crippen LogP contribution is -2.25. The topological polar surface area (TPSA) is 118 Å². The Morgan fingerprint density at radius 1 is 1.05 bits per heavy atom. The van der Waals surface area contributed by atoms with E-state index in [0.29, 0.717) is 51.2 Å². The predicted octanol–water partition coefficient (Wildman–Crippen LogP) is 4.70. The molecule has 0 bridgehead atoms. The SMILES string of the molecule is Cn1cnc2cc(Oc3ccc(Nc4ncnc5cnc(N6C[C@@H]7C(C#N)[C@@H]7C6)nc45)cc3Cl)ccc21. The molecule has 1 aliphatic carbocycles. The van der Waals surface area contributed by atoms with Gasteiger partial charge in [0, 0.05) is 31.9 Å². The van der Waals surface area contributed by atoms with E-state index in [-0.39, 0.29) is 5.92 Å². The fraction of sp³-hybridized carbons (Fsp3) is 0.231. The second-order valence-electron chi connectivity index (χ2n) is 9.39. The van der Waals surface area contributed by atoms with Gasteiger partial charge in [-0.15, -0.1) is 0 Å². The zero-order valence-corrected chi connectivity index (χ0v) is 20.5. The Bertz CT molecular complexity index is 1720. The summed E-state index contributed by atoms with van der Waals surface area (Å²) in [5, 5.41) is 12.9. The maximum atomic E-state index is 9.19. The normalized spacial score (nSPS) is 20.1. The fourth-order valence-electron chi connectivity index (χ4n) is 5.07. The number of nitrogens with zero attached hydrogens (tertiary/aromatic N) is 8. The zero-order valence-electron chi connectivity index (χ0n) is 19.7. The highest BCUT2D eigenvalue weighted by atomic mass is 35.5. The lowest BCUT2D eigenvalue weighted by molar-refractivity contribution is 0.483. The standard InChI is InChI=1S/C26H20ClN9O/c1-35-13-32-20-7-15(3-4-22(20)35)37-23-5-2-14(6-19(23)27)33-25-24-21(30-12-31-25)9-29-26(34-24)36-10-17-16(8-28)18(17)11-36/h2-7,9,12-13,16-18H,10-11H2,1H3,(H,30,31,33)/t16?,17-,18+. The van der Waals surface area contributed by atoms with Gasteiger partial charge < -0.3 is 19.5 Å². The Kier molecular flexibility index (Phi) is 4.87. The molecule has 4 heterocycles. The average Bonchev–Trinajstić information content (AvgIpc) is 3.19. The van der Waals surface area contributed by atoms with Gasteiger partial charge in [-0.05, 0) is 42.2 Å². The molecule has 7 rings (SSSR count). The number of nitriles is 1. The van der Waals surface area contributed by atoms with Crippen molar-refractivity contribution in [2.75, 3.05) is 23.3 Å². The molecule has 0 spiro atoms. The van der Waals surface area contributed by atoms with Gasteiger partial charge in [-0.3, -0.25) is 0 Å². The molecule has 3 aromatic heterocycles. The smallest absolute Gasteiger partial charge is 0.226 e. The van der Waals surface area contributed by atoms with Crippen LogP contribution in [0.5, 0.6) is 11.5 Å². The van der Waals surface area contributed by atoms with Gasteiger partial charge in [0.2, 0.25) is 5.95 Å². The molecule has 1 saturated heterocycles. The molecule has 1 unspecified atom stereocenters. The van der Waals surface area contributed by atoms with Crippen LogP contribution in [0, 0.1) is 29.1 Å². The minimum atomic E-state index is 0.173. The van der Waals surface area contributed by atoms with Crippen LogP contribution in [-0.4, -0.2) is 42.6 Å². The van der Waals surface area contributed by atoms with Gasteiger partial charge in [0.15, 0.2) is 5.82 Å². The summed E-state index contributed by atoms with van der Waals surface area (Å²) >= 11 is 6.57. The van der Waals surface area contributed by atoms with Crippen molar-refractivity contribution in [3.8, 4) is 17.6 Å². The molecule has 11 heteroatoms. The molecule has 5 aromatic rings. The number of piperidine rings is 1. The molecule has 2 aliphatic rings. The van der Waals surface area contributed by atoms with Crippen LogP contribution < -0.4 is 15.0 Å². The first-order valence-electron chi connectivity index (χ1n) is 11.9. The summed E-state index contributed by atoms with van der Waals surface area (Å²) < 4.78 is 7.97. The van der Waals surface area contributed by atoms with Crippen LogP contribution in [0.3, 0.4) is 0 Å². The van der Waals surface area contributed by atoms with Crippen LogP contribution in [0.1, 0.15) is 0 Å². The minimum Gasteiger partial charge on any atom is -0.456 e. The van der Waals surface area contributed by atoms with Gasteiger partial charge in [0.25, 0.3) is 0 Å². The van der Waals surface area contributed by atoms with E-state index >= 15 is 0 Å². The molecule has 1 N–H and O–H groups in total. The van der Waals surface area contributed by atoms with Crippen LogP contribution in [0.4, 0.5) is 17.5 Å². The summed E-state index contributed by atoms with van der Waals surface area (Å²) in [6.45, 7) is 1.60. The second-order valence-corrected chi connectivity index (χ2v) is 9.80. The number of aromatic nitrogens is 6. The molecule has 182 valence electrons. The fourth-order valence-corrected chi connectivity index (χ4v) is 5.29. The highest BCUT2D eigenvalue weighted by Crippen LogP contribution is 2.51. The summed E-state index contributed by atoms with van der Waals surface area (Å²) in [7, 11) is 1.95. The van der Waals surface area contributed by atoms with E-state index in [1.54, 1.807) is 24.7 Å². The Balaban J connectivity index is 1.12. The summed E-state index contributed by atoms with van der Waals surface area (Å²) in [4.78, 5) is 24.5. The number of aryl methyl sites for hydroxylation is 1. The van der Waals surface area contributed by atoms with E-state index in [0.717, 1.165) is 29.8 Å². The third-order valence-electron chi connectivity index (χ3n) is 7.11. The lowest BCUT2D eigenvalue weighted by Gasteiger charge is -2.19. The van der Waals surface area contributed by atoms with Gasteiger partial charge in [-0.1, -0.05) is 11.6 Å². The third-order valence-corrected chi connectivity index (χ3v) is 7.41. The molecule has 0 amide bonds. The molecule has 1 aliphatic heterocycles. The molecule has 2 aromatic carbocycles. The number of fused-ring (bicyclic) bond motifs is 3. The predicted molar refractivity (Wildman–Crippen MR) is 139 cm³/mol. The molecule has 3 atom stereocenters. The summed E-state index contributed by atoms with van der Waals surface area (Å²) in [5.41, 5.74) is 3.86. The first kappa shape index (κ1) is 21.8. The monoisotopic (exact) mass is 509 g/mol. The average molecular weight is 510 g/mol. The maximum absolute atomic E-state index is 9.19. The number of nitrogens with one attached hydrogen (secondary N) is 1. The minimum absolute atomic E-state index is 0.173. The summed E-state index contributed by atoms with van der Waals surface area (Å²) in [5.74, 6) is 3.37. The molecule has 1 saturated carbocycles. The van der Waals surface area contributed by atoms with Crippen LogP contribution >= 0.6 is 11.6 Å². The van der Waals surface area contributed by atoms with Gasteiger partial charge in [0.1, 0.15) is 28.9 Å². The van der Waals surface area contributed by atoms with E-state index in [1.165, 1.54) is 6.33 Å². The number of anilines is 3. The van der Waals surface area contributed by atoms with Gasteiger partial charge in [-0.2, -0.15) is 5.26 Å². The molecular weight excluding hydrogens is 490 g/mol. The van der Waals surface area contributed by atoms with Gasteiger partial charge >= 0.3 is 0 Å². The largest absolute Gasteiger partial charge is 0.456 e. The molecule has 0 radical (unpaired) electrons. The van der Waals surface area contributed by atoms with E-state index in [1.807, 2.05) is 35.9 Å². The summed E-state index contributed by atoms with van der Waals surface area (Å²) in [6, 6.07) is 13.6. The number of ether oxygens (including phenoxy) is 1. The van der Waals surface area contributed by atoms with Crippen molar-refractivity contribution in [1.82, 2.24) is 29.5 Å². The highest BCUT2D eigenvalue weighted by molar-refractivity contribution is 6.32. The number of hydrogen-bond donors (Lipinski definition) is 1. The van der Waals surface area contributed by atoms with E-state index < -0.39 is 0 Å². The van der Waals surface area contributed by atoms with Crippen molar-refractivity contribution in [3.05, 3.63) is 60.3 Å². The number of rotatable bonds is 5. The quantitative estimate of drug-likeness (QED) is 0.359. The van der Waals surface area contributed by atoms with Gasteiger partial charge in [-0.25, -0.2) is 24.9 Å². The Morgan fingerprint density at radius 2 is 1.92 bits per heavy atom. The molecule has 37 heavy (non-hydrogen) atoms. The Labute approximate surface area is 216 Å². The van der Waals surface area contributed by atoms with Crippen LogP contribution in [0.2, 0.25) is 5.02 Å². The lowest BCUT2D eigenvalue weighted by atomic mass is 10.2. The van der Waals surface area contributed by atoms with Crippen molar-refractivity contribution in [3.63, 3.8) is 0 Å². The number of benzene rings is 2. The van der Waals surface area contributed by atoms with Crippen molar-refractivity contribution < 1.29 is 4.74 Å². The summed E-state index contributed by atoms with van der Waals surface area (Å²) in [6.07, 6.45) is 4.95. The van der Waals surface area contributed by atoms with E-state index in [2.05, 4.69) is 36.2 Å². The van der Waals surface area contributed by atoms with Crippen molar-refractivity contribution in [1.29, 1.82) is 5.26 Å². The molecular formula is C26H20ClN9O. The number of halogens is 1. The molecule has 10 nitrogen and oxygen atoms in total. The zero-order chi connectivity index (χ0) is 25.1. The van der Waals surface area contributed by atoms with Crippen molar-refractivity contribution in [2.45, 2.75) is 0 Å². The van der Waals surface area contributed by atoms with Crippen LogP contribution in [-0.2, 0) is 7.05 Å². The van der Waals surface area contributed by atoms with Crippen LogP contribution in [0.25, 0.3) is 22.1 Å². The van der Waals surface area contributed by atoms with E-state index in [4.69, 9.17) is 21.3 Å². The van der Waals surface area contributed by atoms with E-state index in [9.17, 15) is 5.26 Å². The first-order chi connectivity index (χ1) is 18.1. The number of imidazole rings is 1. The second kappa shape index (κ2) is 8.28. The first-order valence-corrected chi connectivity index (χ1v) is 12.2. The van der Waals surface area contributed by atoms with Crippen LogP contribution in [0.15, 0.2) is 55.2 Å². The molecule has 2 fully saturated rings. The third kappa shape index (κ3) is 3.75. The van der Waals surface area contributed by atoms with Crippen molar-refractivity contribution >= 4 is 51.1 Å². The Hall–Kier alpha value is -4.49. The van der Waals surface area contributed by atoms with Gasteiger partial charge in [0.05, 0.1) is 40.6 Å². The highest BCUT2D eigenvalue weighted by Gasteiger charge is 2.56. The Morgan fingerprint density at radius 3 is 2.73 bits per heavy atom. The maximum Gasteiger partial charge on any atom is 0.226 e. The number of hydrogen-bond acceptors (Lipinski definition) is 9.